The Kier molecular flexibility index (Phi) is 56.2. The molecule has 0 bridgehead atoms. The molecule has 6 heteroatoms. The van der Waals surface area contributed by atoms with Crippen molar-refractivity contribution in [3.05, 3.63) is 12.2 Å². The quantitative estimate of drug-likeness (QED) is 0.0262. The number of allylic oxidation sites excluding steroid dienone is 2. The zero-order valence-corrected chi connectivity index (χ0v) is 46.2. The molecule has 0 aromatic heterocycles. The normalized spacial score (nSPS) is 12.0. The average Bonchev–Trinajstić information content (AvgIpc) is 3.34. The molecule has 0 radical (unpaired) electrons. The molecule has 0 aromatic rings. The van der Waals surface area contributed by atoms with Crippen LogP contribution in [0.5, 0.6) is 0 Å². The maximum absolute atomic E-state index is 12.8. The highest BCUT2D eigenvalue weighted by molar-refractivity contribution is 5.71. The van der Waals surface area contributed by atoms with E-state index in [1.54, 1.807) is 0 Å². The first-order chi connectivity index (χ1) is 33.5. The summed E-state index contributed by atoms with van der Waals surface area (Å²) in [7, 11) is 0. The molecule has 0 saturated carbocycles. The smallest absolute Gasteiger partial charge is 0.306 e. The first-order valence-corrected chi connectivity index (χ1v) is 30.7. The molecule has 68 heavy (non-hydrogen) atoms. The minimum atomic E-state index is -0.766. The number of esters is 3. The number of ether oxygens (including phenoxy) is 3. The molecule has 1 atom stereocenters. The number of carbonyl (C=O) groups excluding carboxylic acids is 3. The zero-order valence-electron chi connectivity index (χ0n) is 46.2. The van der Waals surface area contributed by atoms with Gasteiger partial charge in [-0.05, 0) is 44.9 Å². The van der Waals surface area contributed by atoms with Gasteiger partial charge in [-0.3, -0.25) is 14.4 Å². The molecule has 0 aliphatic carbocycles. The molecule has 1 unspecified atom stereocenters. The van der Waals surface area contributed by atoms with Crippen molar-refractivity contribution in [3.8, 4) is 0 Å². The number of hydrogen-bond donors (Lipinski definition) is 0. The standard InChI is InChI=1S/C62H118O6/c1-4-7-10-13-16-18-20-22-24-26-27-28-29-30-31-32-33-34-36-37-39-41-43-46-49-52-55-61(64)67-58-59(57-66-60(63)54-51-48-45-15-12-9-6-3)68-62(65)56-53-50-47-44-42-40-38-35-25-23-21-19-17-14-11-8-5-2/h23,25,59H,4-22,24,26-58H2,1-3H3/b25-23-. The molecule has 0 spiro atoms. The summed E-state index contributed by atoms with van der Waals surface area (Å²) >= 11 is 0. The molecule has 6 nitrogen and oxygen atoms in total. The van der Waals surface area contributed by atoms with E-state index in [9.17, 15) is 14.4 Å². The lowest BCUT2D eigenvalue weighted by Crippen LogP contribution is -2.30. The van der Waals surface area contributed by atoms with E-state index in [-0.39, 0.29) is 31.1 Å². The second-order valence-electron chi connectivity index (χ2n) is 21.0. The van der Waals surface area contributed by atoms with Gasteiger partial charge in [0.05, 0.1) is 0 Å². The Hall–Kier alpha value is -1.85. The molecule has 0 aromatic carbocycles. The maximum Gasteiger partial charge on any atom is 0.306 e. The third-order valence-electron chi connectivity index (χ3n) is 14.0. The fraction of sp³-hybridized carbons (Fsp3) is 0.919. The number of hydrogen-bond acceptors (Lipinski definition) is 6. The predicted octanol–water partition coefficient (Wildman–Crippen LogP) is 20.5. The third kappa shape index (κ3) is 55.1. The van der Waals surface area contributed by atoms with E-state index in [0.29, 0.717) is 19.3 Å². The van der Waals surface area contributed by atoms with Crippen LogP contribution in [0.4, 0.5) is 0 Å². The zero-order chi connectivity index (χ0) is 49.3. The number of rotatable bonds is 57. The van der Waals surface area contributed by atoms with Gasteiger partial charge in [0.25, 0.3) is 0 Å². The topological polar surface area (TPSA) is 78.9 Å². The Balaban J connectivity index is 4.05. The maximum atomic E-state index is 12.8. The fourth-order valence-electron chi connectivity index (χ4n) is 9.38. The van der Waals surface area contributed by atoms with Crippen molar-refractivity contribution in [3.63, 3.8) is 0 Å². The van der Waals surface area contributed by atoms with Gasteiger partial charge in [-0.25, -0.2) is 0 Å². The molecule has 0 rings (SSSR count). The van der Waals surface area contributed by atoms with Gasteiger partial charge in [0.1, 0.15) is 13.2 Å². The highest BCUT2D eigenvalue weighted by Gasteiger charge is 2.19. The van der Waals surface area contributed by atoms with Gasteiger partial charge in [-0.1, -0.05) is 296 Å². The predicted molar refractivity (Wildman–Crippen MR) is 293 cm³/mol. The van der Waals surface area contributed by atoms with E-state index >= 15 is 0 Å². The van der Waals surface area contributed by atoms with Crippen LogP contribution in [0.15, 0.2) is 12.2 Å². The van der Waals surface area contributed by atoms with Crippen molar-refractivity contribution in [2.45, 2.75) is 354 Å². The molecular weight excluding hydrogens is 841 g/mol. The van der Waals surface area contributed by atoms with Crippen LogP contribution in [-0.2, 0) is 28.6 Å². The molecule has 0 heterocycles. The largest absolute Gasteiger partial charge is 0.462 e. The summed E-state index contributed by atoms with van der Waals surface area (Å²) in [4.78, 5) is 38.0. The second-order valence-corrected chi connectivity index (χ2v) is 21.0. The first kappa shape index (κ1) is 66.2. The van der Waals surface area contributed by atoms with Crippen LogP contribution in [0.2, 0.25) is 0 Å². The summed E-state index contributed by atoms with van der Waals surface area (Å²) in [6.07, 6.45) is 66.8. The molecule has 0 aliphatic heterocycles. The van der Waals surface area contributed by atoms with Gasteiger partial charge in [0.15, 0.2) is 6.10 Å². The van der Waals surface area contributed by atoms with E-state index in [1.165, 1.54) is 250 Å². The molecule has 402 valence electrons. The fourth-order valence-corrected chi connectivity index (χ4v) is 9.38. The Morgan fingerprint density at radius 3 is 0.735 bits per heavy atom. The Morgan fingerprint density at radius 2 is 0.485 bits per heavy atom. The minimum absolute atomic E-state index is 0.0665. The van der Waals surface area contributed by atoms with Crippen molar-refractivity contribution in [1.82, 2.24) is 0 Å². The molecule has 0 N–H and O–H groups in total. The summed E-state index contributed by atoms with van der Waals surface area (Å²) in [5, 5.41) is 0. The van der Waals surface area contributed by atoms with Gasteiger partial charge < -0.3 is 14.2 Å². The first-order valence-electron chi connectivity index (χ1n) is 30.7. The van der Waals surface area contributed by atoms with Crippen molar-refractivity contribution in [2.75, 3.05) is 13.2 Å². The highest BCUT2D eigenvalue weighted by atomic mass is 16.6. The van der Waals surface area contributed by atoms with Gasteiger partial charge in [-0.15, -0.1) is 0 Å². The molecule has 0 amide bonds. The molecule has 0 fully saturated rings. The van der Waals surface area contributed by atoms with Crippen molar-refractivity contribution < 1.29 is 28.6 Å². The summed E-state index contributed by atoms with van der Waals surface area (Å²) in [5.74, 6) is -0.855. The van der Waals surface area contributed by atoms with E-state index < -0.39 is 6.10 Å². The number of unbranched alkanes of at least 4 members (excludes halogenated alkanes) is 44. The minimum Gasteiger partial charge on any atom is -0.462 e. The monoisotopic (exact) mass is 959 g/mol. The van der Waals surface area contributed by atoms with Crippen LogP contribution in [-0.4, -0.2) is 37.2 Å². The van der Waals surface area contributed by atoms with Crippen LogP contribution in [0.3, 0.4) is 0 Å². The summed E-state index contributed by atoms with van der Waals surface area (Å²) in [6, 6.07) is 0. The van der Waals surface area contributed by atoms with Gasteiger partial charge >= 0.3 is 17.9 Å². The van der Waals surface area contributed by atoms with E-state index in [1.807, 2.05) is 0 Å². The average molecular weight is 960 g/mol. The lowest BCUT2D eigenvalue weighted by molar-refractivity contribution is -0.167. The summed E-state index contributed by atoms with van der Waals surface area (Å²) in [5.41, 5.74) is 0. The van der Waals surface area contributed by atoms with Gasteiger partial charge in [-0.2, -0.15) is 0 Å². The second kappa shape index (κ2) is 57.7. The third-order valence-corrected chi connectivity index (χ3v) is 14.0. The summed E-state index contributed by atoms with van der Waals surface area (Å²) < 4.78 is 16.8. The van der Waals surface area contributed by atoms with Crippen LogP contribution in [0.25, 0.3) is 0 Å². The SMILES string of the molecule is CCCCCCCC/C=C\CCCCCCCCCC(=O)OC(COC(=O)CCCCCCCCC)COC(=O)CCCCCCCCCCCCCCCCCCCCCCCCCCCC. The molecule has 0 saturated heterocycles. The van der Waals surface area contributed by atoms with Crippen molar-refractivity contribution >= 4 is 17.9 Å². The molecule has 0 aliphatic rings. The lowest BCUT2D eigenvalue weighted by Gasteiger charge is -2.18. The summed E-state index contributed by atoms with van der Waals surface area (Å²) in [6.45, 7) is 6.65. The van der Waals surface area contributed by atoms with Crippen LogP contribution in [0, 0.1) is 0 Å². The van der Waals surface area contributed by atoms with Crippen molar-refractivity contribution in [1.29, 1.82) is 0 Å². The molecular formula is C62H118O6. The number of carbonyl (C=O) groups is 3. The van der Waals surface area contributed by atoms with Gasteiger partial charge in [0, 0.05) is 19.3 Å². The lowest BCUT2D eigenvalue weighted by atomic mass is 10.0. The van der Waals surface area contributed by atoms with Crippen LogP contribution in [0.1, 0.15) is 348 Å². The van der Waals surface area contributed by atoms with Gasteiger partial charge in [0.2, 0.25) is 0 Å². The Labute approximate surface area is 424 Å². The highest BCUT2D eigenvalue weighted by Crippen LogP contribution is 2.18. The van der Waals surface area contributed by atoms with Crippen LogP contribution >= 0.6 is 0 Å². The van der Waals surface area contributed by atoms with Crippen LogP contribution < -0.4 is 0 Å². The Morgan fingerprint density at radius 1 is 0.279 bits per heavy atom. The van der Waals surface area contributed by atoms with E-state index in [0.717, 1.165) is 57.8 Å². The Bertz CT molecular complexity index is 1060. The van der Waals surface area contributed by atoms with E-state index in [4.69, 9.17) is 14.2 Å². The van der Waals surface area contributed by atoms with E-state index in [2.05, 4.69) is 32.9 Å². The van der Waals surface area contributed by atoms with Crippen molar-refractivity contribution in [2.24, 2.45) is 0 Å².